The summed E-state index contributed by atoms with van der Waals surface area (Å²) in [6.45, 7) is 7.33. The van der Waals surface area contributed by atoms with E-state index in [0.717, 1.165) is 5.57 Å². The topological polar surface area (TPSA) is 63.6 Å². The lowest BCUT2D eigenvalue weighted by atomic mass is 9.57. The van der Waals surface area contributed by atoms with Crippen LogP contribution in [0.15, 0.2) is 29.9 Å². The van der Waals surface area contributed by atoms with Crippen LogP contribution >= 0.6 is 0 Å². The molecule has 0 heterocycles. The van der Waals surface area contributed by atoms with Crippen LogP contribution in [0.4, 0.5) is 0 Å². The van der Waals surface area contributed by atoms with Crippen molar-refractivity contribution in [3.05, 3.63) is 46.6 Å². The smallest absolute Gasteiger partial charge is 0.186 e. The maximum atomic E-state index is 12.7. The van der Waals surface area contributed by atoms with Crippen molar-refractivity contribution in [2.75, 3.05) is 7.11 Å². The van der Waals surface area contributed by atoms with Crippen LogP contribution in [0.2, 0.25) is 0 Å². The van der Waals surface area contributed by atoms with Gasteiger partial charge in [0.05, 0.1) is 7.11 Å². The zero-order chi connectivity index (χ0) is 17.2. The van der Waals surface area contributed by atoms with Gasteiger partial charge in [-0.2, -0.15) is 0 Å². The minimum Gasteiger partial charge on any atom is -0.504 e. The highest BCUT2D eigenvalue weighted by Crippen LogP contribution is 2.54. The number of ether oxygens (including phenoxy) is 1. The first-order valence-corrected chi connectivity index (χ1v) is 7.56. The zero-order valence-electron chi connectivity index (χ0n) is 14.0. The Bertz CT molecular complexity index is 811. The molecule has 1 aromatic carbocycles. The van der Waals surface area contributed by atoms with Crippen molar-refractivity contribution in [1.29, 1.82) is 0 Å². The van der Waals surface area contributed by atoms with Crippen LogP contribution in [0.3, 0.4) is 0 Å². The number of rotatable bonds is 1. The number of carbonyl (C=O) groups is 2. The number of carbonyl (C=O) groups excluding carboxylic acids is 2. The summed E-state index contributed by atoms with van der Waals surface area (Å²) in [7, 11) is 1.48. The van der Waals surface area contributed by atoms with Crippen LogP contribution in [-0.2, 0) is 10.2 Å². The molecule has 2 aliphatic rings. The summed E-state index contributed by atoms with van der Waals surface area (Å²) in [5.74, 6) is 0.138. The van der Waals surface area contributed by atoms with E-state index < -0.39 is 10.8 Å². The van der Waals surface area contributed by atoms with E-state index in [0.29, 0.717) is 22.4 Å². The normalized spacial score (nSPS) is 24.8. The van der Waals surface area contributed by atoms with Gasteiger partial charge >= 0.3 is 0 Å². The second-order valence-corrected chi connectivity index (χ2v) is 6.95. The number of benzene rings is 1. The SMILES string of the molecule is COc1c(O)c(C)cc2c1[C@]1(C)C=CC(=O)C(C)(C)C1=CC2=O. The lowest BCUT2D eigenvalue weighted by Gasteiger charge is -2.44. The van der Waals surface area contributed by atoms with Crippen LogP contribution in [0.5, 0.6) is 11.5 Å². The van der Waals surface area contributed by atoms with Gasteiger partial charge in [0.15, 0.2) is 23.1 Å². The number of phenolic OH excluding ortho intramolecular Hbond substituents is 1. The van der Waals surface area contributed by atoms with Crippen molar-refractivity contribution < 1.29 is 19.4 Å². The van der Waals surface area contributed by atoms with Crippen LogP contribution in [0.1, 0.15) is 42.3 Å². The fourth-order valence-corrected chi connectivity index (χ4v) is 3.77. The first kappa shape index (κ1) is 15.5. The van der Waals surface area contributed by atoms with Gasteiger partial charge in [-0.3, -0.25) is 9.59 Å². The van der Waals surface area contributed by atoms with Gasteiger partial charge in [0.25, 0.3) is 0 Å². The average molecular weight is 312 g/mol. The fraction of sp³-hybridized carbons (Fsp3) is 0.368. The summed E-state index contributed by atoms with van der Waals surface area (Å²) in [4.78, 5) is 24.9. The number of aryl methyl sites for hydroxylation is 1. The van der Waals surface area contributed by atoms with E-state index >= 15 is 0 Å². The van der Waals surface area contributed by atoms with E-state index in [2.05, 4.69) is 0 Å². The number of phenols is 1. The van der Waals surface area contributed by atoms with Gasteiger partial charge in [-0.05, 0) is 57.0 Å². The van der Waals surface area contributed by atoms with Gasteiger partial charge < -0.3 is 9.84 Å². The number of fused-ring (bicyclic) bond motifs is 3. The molecule has 1 N–H and O–H groups in total. The zero-order valence-corrected chi connectivity index (χ0v) is 14.0. The largest absolute Gasteiger partial charge is 0.504 e. The van der Waals surface area contributed by atoms with Gasteiger partial charge in [0.1, 0.15) is 0 Å². The Morgan fingerprint density at radius 1 is 1.17 bits per heavy atom. The average Bonchev–Trinajstić information content (AvgIpc) is 2.49. The van der Waals surface area contributed by atoms with Crippen LogP contribution in [0, 0.1) is 12.3 Å². The molecule has 0 spiro atoms. The third-order valence-corrected chi connectivity index (χ3v) is 5.13. The maximum absolute atomic E-state index is 12.7. The molecule has 0 aromatic heterocycles. The Balaban J connectivity index is 2.44. The molecule has 0 amide bonds. The third-order valence-electron chi connectivity index (χ3n) is 5.13. The quantitative estimate of drug-likeness (QED) is 0.864. The molecule has 4 nitrogen and oxygen atoms in total. The predicted octanol–water partition coefficient (Wildman–Crippen LogP) is 3.25. The number of allylic oxidation sites excluding steroid dienone is 4. The molecule has 120 valence electrons. The Morgan fingerprint density at radius 3 is 2.43 bits per heavy atom. The van der Waals surface area contributed by atoms with Crippen molar-refractivity contribution in [2.45, 2.75) is 33.1 Å². The number of hydrogen-bond acceptors (Lipinski definition) is 4. The molecule has 0 radical (unpaired) electrons. The Morgan fingerprint density at radius 2 is 1.83 bits per heavy atom. The molecule has 3 rings (SSSR count). The summed E-state index contributed by atoms with van der Waals surface area (Å²) >= 11 is 0. The molecule has 1 aromatic rings. The lowest BCUT2D eigenvalue weighted by molar-refractivity contribution is -0.121. The summed E-state index contributed by atoms with van der Waals surface area (Å²) in [5.41, 5.74) is 1.02. The minimum absolute atomic E-state index is 0.0321. The van der Waals surface area contributed by atoms with Crippen molar-refractivity contribution in [3.8, 4) is 11.5 Å². The fourth-order valence-electron chi connectivity index (χ4n) is 3.77. The standard InChI is InChI=1S/C19H20O4/c1-10-8-11-12(20)9-13-18(2,3)14(21)6-7-19(13,4)15(11)17(23-5)16(10)22/h6-9,22H,1-5H3/t19-/m1/s1. The van der Waals surface area contributed by atoms with Crippen molar-refractivity contribution in [2.24, 2.45) is 5.41 Å². The Hall–Kier alpha value is -2.36. The summed E-state index contributed by atoms with van der Waals surface area (Å²) < 4.78 is 5.43. The molecule has 2 aliphatic carbocycles. The number of ketones is 2. The lowest BCUT2D eigenvalue weighted by Crippen LogP contribution is -2.43. The van der Waals surface area contributed by atoms with E-state index in [-0.39, 0.29) is 17.3 Å². The predicted molar refractivity (Wildman–Crippen MR) is 87.1 cm³/mol. The second-order valence-electron chi connectivity index (χ2n) is 6.95. The van der Waals surface area contributed by atoms with Gasteiger partial charge in [0, 0.05) is 22.0 Å². The van der Waals surface area contributed by atoms with E-state index in [1.54, 1.807) is 31.2 Å². The molecule has 4 heteroatoms. The monoisotopic (exact) mass is 312 g/mol. The van der Waals surface area contributed by atoms with Gasteiger partial charge in [0.2, 0.25) is 0 Å². The van der Waals surface area contributed by atoms with E-state index in [9.17, 15) is 14.7 Å². The molecule has 0 aliphatic heterocycles. The third kappa shape index (κ3) is 1.84. The molecule has 0 unspecified atom stereocenters. The van der Waals surface area contributed by atoms with Crippen molar-refractivity contribution >= 4 is 11.6 Å². The maximum Gasteiger partial charge on any atom is 0.186 e. The molecule has 0 bridgehead atoms. The van der Waals surface area contributed by atoms with Crippen LogP contribution < -0.4 is 4.74 Å². The highest BCUT2D eigenvalue weighted by molar-refractivity contribution is 6.12. The van der Waals surface area contributed by atoms with Gasteiger partial charge in [-0.1, -0.05) is 6.08 Å². The Kier molecular flexibility index (Phi) is 3.09. The van der Waals surface area contributed by atoms with Crippen molar-refractivity contribution in [1.82, 2.24) is 0 Å². The number of hydrogen-bond donors (Lipinski definition) is 1. The number of aromatic hydroxyl groups is 1. The van der Waals surface area contributed by atoms with E-state index in [4.69, 9.17) is 4.74 Å². The summed E-state index contributed by atoms with van der Waals surface area (Å²) in [5, 5.41) is 10.4. The van der Waals surface area contributed by atoms with Crippen molar-refractivity contribution in [3.63, 3.8) is 0 Å². The molecule has 23 heavy (non-hydrogen) atoms. The first-order chi connectivity index (χ1) is 10.6. The molecule has 0 saturated heterocycles. The van der Waals surface area contributed by atoms with Crippen LogP contribution in [-0.4, -0.2) is 23.8 Å². The van der Waals surface area contributed by atoms with Crippen LogP contribution in [0.25, 0.3) is 0 Å². The van der Waals surface area contributed by atoms with Gasteiger partial charge in [-0.15, -0.1) is 0 Å². The van der Waals surface area contributed by atoms with E-state index in [1.807, 2.05) is 20.8 Å². The minimum atomic E-state index is -0.775. The molecule has 1 atom stereocenters. The number of methoxy groups -OCH3 is 1. The second kappa shape index (κ2) is 4.57. The summed E-state index contributed by atoms with van der Waals surface area (Å²) in [6.07, 6.45) is 4.93. The Labute approximate surface area is 135 Å². The molecule has 0 fully saturated rings. The summed E-state index contributed by atoms with van der Waals surface area (Å²) in [6, 6.07) is 1.69. The van der Waals surface area contributed by atoms with E-state index in [1.165, 1.54) is 7.11 Å². The highest BCUT2D eigenvalue weighted by Gasteiger charge is 2.50. The molecule has 0 saturated carbocycles. The first-order valence-electron chi connectivity index (χ1n) is 7.56. The highest BCUT2D eigenvalue weighted by atomic mass is 16.5. The van der Waals surface area contributed by atoms with Gasteiger partial charge in [-0.25, -0.2) is 0 Å². The molecular weight excluding hydrogens is 292 g/mol. The molecular formula is C19H20O4.